The second-order valence-corrected chi connectivity index (χ2v) is 9.27. The number of hydrogen-bond acceptors (Lipinski definition) is 5. The van der Waals surface area contributed by atoms with E-state index in [1.54, 1.807) is 0 Å². The van der Waals surface area contributed by atoms with Gasteiger partial charge in [0.25, 0.3) is 0 Å². The Labute approximate surface area is 160 Å². The lowest BCUT2D eigenvalue weighted by atomic mass is 9.53. The largest absolute Gasteiger partial charge is 0.469 e. The van der Waals surface area contributed by atoms with Gasteiger partial charge >= 0.3 is 12.0 Å². The number of ether oxygens (including phenoxy) is 1. The van der Waals surface area contributed by atoms with Crippen LogP contribution in [0.2, 0.25) is 0 Å². The fourth-order valence-corrected chi connectivity index (χ4v) is 6.40. The second kappa shape index (κ2) is 7.41. The molecule has 7 nitrogen and oxygen atoms in total. The number of nitrogens with one attached hydrogen (secondary N) is 2. The first-order valence-electron chi connectivity index (χ1n) is 10.4. The van der Waals surface area contributed by atoms with Crippen LogP contribution in [0.4, 0.5) is 4.79 Å². The van der Waals surface area contributed by atoms with Crippen molar-refractivity contribution in [2.24, 2.45) is 23.7 Å². The highest BCUT2D eigenvalue weighted by Crippen LogP contribution is 2.55. The topological polar surface area (TPSA) is 87.7 Å². The van der Waals surface area contributed by atoms with Crippen molar-refractivity contribution in [3.05, 3.63) is 0 Å². The number of methoxy groups -OCH3 is 1. The minimum Gasteiger partial charge on any atom is -0.469 e. The van der Waals surface area contributed by atoms with E-state index >= 15 is 0 Å². The molecule has 4 saturated carbocycles. The number of likely N-dealkylation sites (tertiary alicyclic amines) is 1. The Morgan fingerprint density at radius 2 is 1.56 bits per heavy atom. The molecule has 0 radical (unpaired) electrons. The lowest BCUT2D eigenvalue weighted by Gasteiger charge is -2.56. The van der Waals surface area contributed by atoms with Crippen molar-refractivity contribution in [1.29, 1.82) is 0 Å². The van der Waals surface area contributed by atoms with Crippen molar-refractivity contribution in [3.8, 4) is 0 Å². The van der Waals surface area contributed by atoms with Gasteiger partial charge in [-0.1, -0.05) is 0 Å². The van der Waals surface area contributed by atoms with Crippen LogP contribution in [0, 0.1) is 23.7 Å². The van der Waals surface area contributed by atoms with Gasteiger partial charge in [0.1, 0.15) is 0 Å². The molecule has 150 valence electrons. The molecule has 5 aliphatic rings. The Balaban J connectivity index is 1.22. The van der Waals surface area contributed by atoms with Crippen LogP contribution in [0.3, 0.4) is 0 Å². The number of rotatable bonds is 4. The molecule has 0 spiro atoms. The number of carbonyl (C=O) groups is 3. The van der Waals surface area contributed by atoms with Crippen LogP contribution in [0.25, 0.3) is 0 Å². The Morgan fingerprint density at radius 3 is 2.07 bits per heavy atom. The summed E-state index contributed by atoms with van der Waals surface area (Å²) in [6, 6.07) is -0.341. The second-order valence-electron chi connectivity index (χ2n) is 9.27. The molecule has 0 aromatic carbocycles. The first kappa shape index (κ1) is 18.7. The van der Waals surface area contributed by atoms with E-state index < -0.39 is 0 Å². The molecule has 0 unspecified atom stereocenters. The van der Waals surface area contributed by atoms with E-state index in [-0.39, 0.29) is 35.9 Å². The van der Waals surface area contributed by atoms with Crippen LogP contribution in [0.1, 0.15) is 51.4 Å². The maximum atomic E-state index is 12.4. The zero-order valence-electron chi connectivity index (χ0n) is 16.2. The van der Waals surface area contributed by atoms with Gasteiger partial charge in [0.05, 0.1) is 19.6 Å². The summed E-state index contributed by atoms with van der Waals surface area (Å²) < 4.78 is 4.78. The highest BCUT2D eigenvalue weighted by atomic mass is 16.5. The number of hydrogen-bond donors (Lipinski definition) is 2. The molecule has 0 atom stereocenters. The van der Waals surface area contributed by atoms with Crippen LogP contribution in [-0.4, -0.2) is 55.1 Å². The Hall–Kier alpha value is -1.63. The van der Waals surface area contributed by atoms with E-state index in [2.05, 4.69) is 10.6 Å². The van der Waals surface area contributed by atoms with Crippen molar-refractivity contribution < 1.29 is 19.1 Å². The van der Waals surface area contributed by atoms with E-state index in [0.717, 1.165) is 37.0 Å². The molecular weight excluding hydrogens is 346 g/mol. The SMILES string of the molecule is COC(=O)C1CCN(CC(=O)NC(=O)NC23CC4CC(CC(C4)C2)C3)CC1. The van der Waals surface area contributed by atoms with Crippen molar-refractivity contribution in [3.63, 3.8) is 0 Å². The zero-order valence-corrected chi connectivity index (χ0v) is 16.2. The van der Waals surface area contributed by atoms with Crippen molar-refractivity contribution in [1.82, 2.24) is 15.5 Å². The Kier molecular flexibility index (Phi) is 5.14. The van der Waals surface area contributed by atoms with Crippen LogP contribution >= 0.6 is 0 Å². The summed E-state index contributed by atoms with van der Waals surface area (Å²) in [6.45, 7) is 1.54. The summed E-state index contributed by atoms with van der Waals surface area (Å²) in [7, 11) is 1.41. The monoisotopic (exact) mass is 377 g/mol. The van der Waals surface area contributed by atoms with Crippen molar-refractivity contribution >= 4 is 17.9 Å². The van der Waals surface area contributed by atoms with E-state index in [9.17, 15) is 14.4 Å². The number of esters is 1. The standard InChI is InChI=1S/C20H31N3O4/c1-27-18(25)16-2-4-23(5-3-16)12-17(24)21-19(26)22-20-9-13-6-14(10-20)8-15(7-13)11-20/h13-16H,2-12H2,1H3,(H2,21,22,24,26). The van der Waals surface area contributed by atoms with E-state index in [1.807, 2.05) is 4.90 Å². The lowest BCUT2D eigenvalue weighted by Crippen LogP contribution is -2.62. The lowest BCUT2D eigenvalue weighted by molar-refractivity contribution is -0.147. The summed E-state index contributed by atoms with van der Waals surface area (Å²) in [5, 5.41) is 5.70. The van der Waals surface area contributed by atoms with Gasteiger partial charge in [0.2, 0.25) is 5.91 Å². The maximum Gasteiger partial charge on any atom is 0.321 e. The molecule has 0 aromatic heterocycles. The third kappa shape index (κ3) is 4.13. The fraction of sp³-hybridized carbons (Fsp3) is 0.850. The number of piperidine rings is 1. The molecule has 5 fully saturated rings. The molecule has 5 rings (SSSR count). The predicted molar refractivity (Wildman–Crippen MR) is 98.8 cm³/mol. The molecule has 4 aliphatic carbocycles. The van der Waals surface area contributed by atoms with Gasteiger partial charge in [-0.2, -0.15) is 0 Å². The third-order valence-corrected chi connectivity index (χ3v) is 7.16. The first-order chi connectivity index (χ1) is 12.9. The van der Waals surface area contributed by atoms with Crippen LogP contribution in [0.5, 0.6) is 0 Å². The molecule has 1 heterocycles. The molecular formula is C20H31N3O4. The molecule has 4 bridgehead atoms. The molecule has 27 heavy (non-hydrogen) atoms. The van der Waals surface area contributed by atoms with Gasteiger partial charge in [0, 0.05) is 5.54 Å². The fourth-order valence-electron chi connectivity index (χ4n) is 6.40. The minimum absolute atomic E-state index is 0.0753. The van der Waals surface area contributed by atoms with Crippen molar-refractivity contribution in [2.75, 3.05) is 26.7 Å². The number of urea groups is 1. The quantitative estimate of drug-likeness (QED) is 0.728. The predicted octanol–water partition coefficient (Wildman–Crippen LogP) is 1.67. The van der Waals surface area contributed by atoms with Gasteiger partial charge in [-0.25, -0.2) is 4.79 Å². The summed E-state index contributed by atoms with van der Waals surface area (Å²) >= 11 is 0. The summed E-state index contributed by atoms with van der Waals surface area (Å²) in [4.78, 5) is 38.3. The Morgan fingerprint density at radius 1 is 1.00 bits per heavy atom. The zero-order chi connectivity index (χ0) is 19.0. The first-order valence-corrected chi connectivity index (χ1v) is 10.4. The maximum absolute atomic E-state index is 12.4. The van der Waals surface area contributed by atoms with Gasteiger partial charge in [-0.3, -0.25) is 19.8 Å². The van der Waals surface area contributed by atoms with E-state index in [4.69, 9.17) is 4.74 Å². The summed E-state index contributed by atoms with van der Waals surface area (Å²) in [6.07, 6.45) is 8.57. The molecule has 2 N–H and O–H groups in total. The molecule has 1 aliphatic heterocycles. The summed E-state index contributed by atoms with van der Waals surface area (Å²) in [5.74, 6) is 1.74. The van der Waals surface area contributed by atoms with Crippen LogP contribution in [0.15, 0.2) is 0 Å². The normalized spacial score (nSPS) is 35.7. The molecule has 7 heteroatoms. The molecule has 1 saturated heterocycles. The highest BCUT2D eigenvalue weighted by Gasteiger charge is 2.51. The molecule has 0 aromatic rings. The highest BCUT2D eigenvalue weighted by molar-refractivity contribution is 5.95. The summed E-state index contributed by atoms with van der Waals surface area (Å²) in [5.41, 5.74) is -0.0853. The number of carbonyl (C=O) groups excluding carboxylic acids is 3. The van der Waals surface area contributed by atoms with Crippen molar-refractivity contribution in [2.45, 2.75) is 56.9 Å². The van der Waals surface area contributed by atoms with Gasteiger partial charge < -0.3 is 10.1 Å². The third-order valence-electron chi connectivity index (χ3n) is 7.16. The van der Waals surface area contributed by atoms with Crippen LogP contribution in [-0.2, 0) is 14.3 Å². The van der Waals surface area contributed by atoms with E-state index in [1.165, 1.54) is 26.4 Å². The van der Waals surface area contributed by atoms with Crippen LogP contribution < -0.4 is 10.6 Å². The molecule has 3 amide bonds. The smallest absolute Gasteiger partial charge is 0.321 e. The number of nitrogens with zero attached hydrogens (tertiary/aromatic N) is 1. The Bertz CT molecular complexity index is 577. The number of imide groups is 1. The average Bonchev–Trinajstić information content (AvgIpc) is 2.59. The minimum atomic E-state index is -0.341. The van der Waals surface area contributed by atoms with Gasteiger partial charge in [-0.15, -0.1) is 0 Å². The number of amides is 3. The van der Waals surface area contributed by atoms with Gasteiger partial charge in [-0.05, 0) is 82.2 Å². The van der Waals surface area contributed by atoms with Gasteiger partial charge in [0.15, 0.2) is 0 Å². The van der Waals surface area contributed by atoms with E-state index in [0.29, 0.717) is 25.9 Å². The average molecular weight is 377 g/mol.